The summed E-state index contributed by atoms with van der Waals surface area (Å²) < 4.78 is 16.3. The Morgan fingerprint density at radius 3 is 2.50 bits per heavy atom. The third-order valence-electron chi connectivity index (χ3n) is 6.40. The number of hydrogen-bond donors (Lipinski definition) is 1. The van der Waals surface area contributed by atoms with Crippen LogP contribution >= 0.6 is 11.3 Å². The lowest BCUT2D eigenvalue weighted by atomic mass is 9.95. The number of methoxy groups -OCH3 is 1. The fourth-order valence-electron chi connectivity index (χ4n) is 4.31. The van der Waals surface area contributed by atoms with E-state index < -0.39 is 23.7 Å². The number of aryl methyl sites for hydroxylation is 1. The van der Waals surface area contributed by atoms with E-state index in [1.165, 1.54) is 12.0 Å². The molecule has 1 atom stereocenters. The Kier molecular flexibility index (Phi) is 8.89. The molecule has 0 aliphatic carbocycles. The average Bonchev–Trinajstić information content (AvgIpc) is 3.45. The number of thiazole rings is 1. The van der Waals surface area contributed by atoms with E-state index in [2.05, 4.69) is 18.8 Å². The average molecular weight is 565 g/mol. The number of aliphatic hydroxyl groups excluding tert-OH is 1. The highest BCUT2D eigenvalue weighted by Gasteiger charge is 2.48. The topological polar surface area (TPSA) is 115 Å². The maximum Gasteiger partial charge on any atom is 0.350 e. The summed E-state index contributed by atoms with van der Waals surface area (Å²) in [4.78, 5) is 45.4. The molecule has 1 saturated heterocycles. The van der Waals surface area contributed by atoms with Crippen molar-refractivity contribution in [1.29, 1.82) is 0 Å². The largest absolute Gasteiger partial charge is 0.507 e. The predicted molar refractivity (Wildman–Crippen MR) is 152 cm³/mol. The number of carbonyl (C=O) groups is 3. The molecule has 2 heterocycles. The molecule has 1 aromatic heterocycles. The summed E-state index contributed by atoms with van der Waals surface area (Å²) in [7, 11) is 1.52. The SMILES string of the molecule is CCOC(=O)c1sc(N2C(=O)C(=O)/C(=C(/O)c3ccc(OC)cc3)C2c2cccc(OCCC(C)C)c2)nc1C. The molecule has 1 aliphatic heterocycles. The summed E-state index contributed by atoms with van der Waals surface area (Å²) in [5.41, 5.74) is 1.16. The summed E-state index contributed by atoms with van der Waals surface area (Å²) in [5.74, 6) is -1.03. The minimum absolute atomic E-state index is 0.0972. The van der Waals surface area contributed by atoms with Gasteiger partial charge in [0, 0.05) is 5.56 Å². The number of rotatable bonds is 10. The van der Waals surface area contributed by atoms with Crippen LogP contribution in [0.2, 0.25) is 0 Å². The molecule has 1 aliphatic rings. The Hall–Kier alpha value is -4.18. The molecule has 10 heteroatoms. The summed E-state index contributed by atoms with van der Waals surface area (Å²) in [5, 5.41) is 11.5. The fraction of sp³-hybridized carbons (Fsp3) is 0.333. The van der Waals surface area contributed by atoms with Crippen LogP contribution in [0.1, 0.15) is 59.7 Å². The molecule has 0 saturated carbocycles. The molecule has 0 spiro atoms. The normalized spacial score (nSPS) is 16.4. The first-order chi connectivity index (χ1) is 19.2. The lowest BCUT2D eigenvalue weighted by Crippen LogP contribution is -2.29. The van der Waals surface area contributed by atoms with Crippen LogP contribution in [0.15, 0.2) is 54.1 Å². The zero-order valence-corrected chi connectivity index (χ0v) is 23.9. The van der Waals surface area contributed by atoms with Crippen LogP contribution in [-0.2, 0) is 14.3 Å². The molecular formula is C30H32N2O7S. The van der Waals surface area contributed by atoms with E-state index in [4.69, 9.17) is 14.2 Å². The molecule has 3 aromatic rings. The molecule has 1 unspecified atom stereocenters. The van der Waals surface area contributed by atoms with Crippen molar-refractivity contribution in [2.24, 2.45) is 5.92 Å². The smallest absolute Gasteiger partial charge is 0.350 e. The highest BCUT2D eigenvalue weighted by molar-refractivity contribution is 7.17. The van der Waals surface area contributed by atoms with Gasteiger partial charge in [0.2, 0.25) is 0 Å². The number of benzene rings is 2. The fourth-order valence-corrected chi connectivity index (χ4v) is 5.30. The first kappa shape index (κ1) is 28.8. The highest BCUT2D eigenvalue weighted by Crippen LogP contribution is 2.44. The van der Waals surface area contributed by atoms with Gasteiger partial charge in [-0.15, -0.1) is 0 Å². The minimum Gasteiger partial charge on any atom is -0.507 e. The minimum atomic E-state index is -1.02. The molecule has 1 amide bonds. The lowest BCUT2D eigenvalue weighted by Gasteiger charge is -2.23. The van der Waals surface area contributed by atoms with Gasteiger partial charge in [0.15, 0.2) is 5.13 Å². The van der Waals surface area contributed by atoms with Crippen molar-refractivity contribution in [3.8, 4) is 11.5 Å². The van der Waals surface area contributed by atoms with Gasteiger partial charge in [0.1, 0.15) is 22.1 Å². The molecule has 1 fully saturated rings. The maximum absolute atomic E-state index is 13.5. The van der Waals surface area contributed by atoms with Crippen molar-refractivity contribution in [2.75, 3.05) is 25.2 Å². The van der Waals surface area contributed by atoms with Crippen molar-refractivity contribution < 1.29 is 33.7 Å². The summed E-state index contributed by atoms with van der Waals surface area (Å²) in [6.45, 7) is 8.23. The van der Waals surface area contributed by atoms with Gasteiger partial charge in [-0.25, -0.2) is 9.78 Å². The van der Waals surface area contributed by atoms with Crippen LogP contribution in [0.4, 0.5) is 5.13 Å². The number of ether oxygens (including phenoxy) is 3. The number of nitrogens with zero attached hydrogens (tertiary/aromatic N) is 2. The number of hydrogen-bond acceptors (Lipinski definition) is 9. The van der Waals surface area contributed by atoms with Crippen molar-refractivity contribution >= 4 is 39.9 Å². The summed E-state index contributed by atoms with van der Waals surface area (Å²) >= 11 is 0.960. The van der Waals surface area contributed by atoms with Gasteiger partial charge in [-0.3, -0.25) is 14.5 Å². The van der Waals surface area contributed by atoms with Gasteiger partial charge in [0.05, 0.1) is 37.6 Å². The van der Waals surface area contributed by atoms with Crippen molar-refractivity contribution in [1.82, 2.24) is 4.98 Å². The van der Waals surface area contributed by atoms with E-state index in [1.54, 1.807) is 62.4 Å². The monoisotopic (exact) mass is 564 g/mol. The number of amides is 1. The third-order valence-corrected chi connectivity index (χ3v) is 7.53. The van der Waals surface area contributed by atoms with Crippen LogP contribution in [0, 0.1) is 12.8 Å². The van der Waals surface area contributed by atoms with Crippen molar-refractivity contribution in [3.63, 3.8) is 0 Å². The van der Waals surface area contributed by atoms with Gasteiger partial charge in [0.25, 0.3) is 5.78 Å². The molecule has 210 valence electrons. The van der Waals surface area contributed by atoms with Crippen molar-refractivity contribution in [3.05, 3.63) is 75.8 Å². The Labute approximate surface area is 237 Å². The number of Topliss-reactive ketones (excluding diaryl/α,β-unsaturated/α-hetero) is 1. The maximum atomic E-state index is 13.5. The van der Waals surface area contributed by atoms with Gasteiger partial charge in [-0.2, -0.15) is 0 Å². The van der Waals surface area contributed by atoms with Crippen LogP contribution in [0.5, 0.6) is 11.5 Å². The Morgan fingerprint density at radius 2 is 1.85 bits per heavy atom. The molecule has 40 heavy (non-hydrogen) atoms. The van der Waals surface area contributed by atoms with E-state index in [1.807, 2.05) is 0 Å². The summed E-state index contributed by atoms with van der Waals surface area (Å²) in [6, 6.07) is 12.6. The van der Waals surface area contributed by atoms with E-state index >= 15 is 0 Å². The molecule has 9 nitrogen and oxygen atoms in total. The second-order valence-electron chi connectivity index (χ2n) is 9.63. The Balaban J connectivity index is 1.85. The molecule has 0 bridgehead atoms. The van der Waals surface area contributed by atoms with Crippen LogP contribution < -0.4 is 14.4 Å². The summed E-state index contributed by atoms with van der Waals surface area (Å²) in [6.07, 6.45) is 0.856. The van der Waals surface area contributed by atoms with Crippen LogP contribution in [-0.4, -0.2) is 48.1 Å². The van der Waals surface area contributed by atoms with Gasteiger partial charge < -0.3 is 19.3 Å². The quantitative estimate of drug-likeness (QED) is 0.145. The van der Waals surface area contributed by atoms with Gasteiger partial charge >= 0.3 is 11.9 Å². The Bertz CT molecular complexity index is 1440. The van der Waals surface area contributed by atoms with Crippen molar-refractivity contribution in [2.45, 2.75) is 40.2 Å². The van der Waals surface area contributed by atoms with E-state index in [9.17, 15) is 19.5 Å². The van der Waals surface area contributed by atoms with E-state index in [0.717, 1.165) is 17.8 Å². The molecular weight excluding hydrogens is 532 g/mol. The van der Waals surface area contributed by atoms with Crippen LogP contribution in [0.3, 0.4) is 0 Å². The van der Waals surface area contributed by atoms with Crippen LogP contribution in [0.25, 0.3) is 5.76 Å². The number of aliphatic hydroxyl groups is 1. The zero-order valence-electron chi connectivity index (χ0n) is 23.1. The molecule has 0 radical (unpaired) electrons. The number of ketones is 1. The number of anilines is 1. The molecule has 1 N–H and O–H groups in total. The highest BCUT2D eigenvalue weighted by atomic mass is 32.1. The standard InChI is InChI=1S/C30H32N2O7S/c1-6-38-29(36)27-18(4)31-30(40-27)32-24(20-8-7-9-22(16-20)39-15-14-17(2)3)23(26(34)28(32)35)25(33)19-10-12-21(37-5)13-11-19/h7-13,16-17,24,33H,6,14-15H2,1-5H3/b25-23+. The first-order valence-electron chi connectivity index (χ1n) is 13.0. The number of aromatic nitrogens is 1. The molecule has 4 rings (SSSR count). The van der Waals surface area contributed by atoms with E-state index in [-0.39, 0.29) is 27.9 Å². The first-order valence-corrected chi connectivity index (χ1v) is 13.8. The predicted octanol–water partition coefficient (Wildman–Crippen LogP) is 5.69. The van der Waals surface area contributed by atoms with Gasteiger partial charge in [-0.1, -0.05) is 37.3 Å². The third kappa shape index (κ3) is 5.86. The Morgan fingerprint density at radius 1 is 1.12 bits per heavy atom. The molecule has 2 aromatic carbocycles. The lowest BCUT2D eigenvalue weighted by molar-refractivity contribution is -0.132. The van der Waals surface area contributed by atoms with Gasteiger partial charge in [-0.05, 0) is 68.1 Å². The second-order valence-corrected chi connectivity index (χ2v) is 10.6. The second kappa shape index (κ2) is 12.3. The zero-order chi connectivity index (χ0) is 29.0. The van der Waals surface area contributed by atoms with E-state index in [0.29, 0.717) is 40.8 Å². The number of carbonyl (C=O) groups excluding carboxylic acids is 3. The number of esters is 1.